The van der Waals surface area contributed by atoms with Crippen molar-refractivity contribution in [3.63, 3.8) is 0 Å². The molecule has 0 aliphatic carbocycles. The summed E-state index contributed by atoms with van der Waals surface area (Å²) in [4.78, 5) is 25.1. The van der Waals surface area contributed by atoms with Crippen LogP contribution in [0.1, 0.15) is 31.8 Å². The van der Waals surface area contributed by atoms with Crippen LogP contribution in [-0.2, 0) is 13.1 Å². The predicted octanol–water partition coefficient (Wildman–Crippen LogP) is 2.25. The zero-order valence-corrected chi connectivity index (χ0v) is 11.1. The molecule has 2 aromatic carbocycles. The molecule has 2 N–H and O–H groups in total. The van der Waals surface area contributed by atoms with Gasteiger partial charge in [0.2, 0.25) is 0 Å². The third-order valence-electron chi connectivity index (χ3n) is 3.60. The highest BCUT2D eigenvalue weighted by Crippen LogP contribution is 2.25. The summed E-state index contributed by atoms with van der Waals surface area (Å²) < 4.78 is 0. The summed E-state index contributed by atoms with van der Waals surface area (Å²) >= 11 is 0. The number of carbonyl (C=O) groups excluding carboxylic acids is 1. The van der Waals surface area contributed by atoms with Gasteiger partial charge >= 0.3 is 5.97 Å². The number of carboxylic acid groups (broad SMARTS) is 1. The van der Waals surface area contributed by atoms with E-state index in [2.05, 4.69) is 0 Å². The third-order valence-corrected chi connectivity index (χ3v) is 3.60. The number of aromatic hydroxyl groups is 1. The Labute approximate surface area is 121 Å². The number of carbonyl (C=O) groups is 2. The van der Waals surface area contributed by atoms with Crippen LogP contribution in [0.4, 0.5) is 0 Å². The summed E-state index contributed by atoms with van der Waals surface area (Å²) in [6, 6.07) is 11.7. The first-order valence-electron chi connectivity index (χ1n) is 6.48. The van der Waals surface area contributed by atoms with Crippen molar-refractivity contribution in [2.24, 2.45) is 0 Å². The fourth-order valence-corrected chi connectivity index (χ4v) is 2.50. The van der Waals surface area contributed by atoms with Crippen LogP contribution >= 0.6 is 0 Å². The quantitative estimate of drug-likeness (QED) is 0.886. The Morgan fingerprint density at radius 3 is 2.19 bits per heavy atom. The molecular weight excluding hydrogens is 270 g/mol. The van der Waals surface area contributed by atoms with E-state index in [4.69, 9.17) is 5.11 Å². The minimum Gasteiger partial charge on any atom is -0.507 e. The first kappa shape index (κ1) is 13.2. The molecule has 1 amide bonds. The highest BCUT2D eigenvalue weighted by atomic mass is 16.4. The second kappa shape index (κ2) is 4.94. The Balaban J connectivity index is 1.87. The molecule has 0 aromatic heterocycles. The maximum absolute atomic E-state index is 12.5. The zero-order valence-electron chi connectivity index (χ0n) is 11.1. The predicted molar refractivity (Wildman–Crippen MR) is 75.1 cm³/mol. The average molecular weight is 283 g/mol. The Hall–Kier alpha value is -2.82. The number of phenols is 1. The van der Waals surface area contributed by atoms with Gasteiger partial charge in [0.05, 0.1) is 0 Å². The molecule has 0 saturated carbocycles. The zero-order chi connectivity index (χ0) is 15.0. The van der Waals surface area contributed by atoms with E-state index in [1.807, 2.05) is 24.3 Å². The standard InChI is InChI=1S/C16H13NO4/c18-14-6-5-10(7-13(14)16(20)21)15(19)17-8-11-3-1-2-4-12(11)9-17/h1-7,18H,8-9H2,(H,20,21). The van der Waals surface area contributed by atoms with E-state index in [0.717, 1.165) is 11.1 Å². The lowest BCUT2D eigenvalue weighted by molar-refractivity contribution is 0.0693. The van der Waals surface area contributed by atoms with E-state index in [1.54, 1.807) is 4.90 Å². The van der Waals surface area contributed by atoms with Crippen LogP contribution in [0.25, 0.3) is 0 Å². The van der Waals surface area contributed by atoms with Crippen LogP contribution < -0.4 is 0 Å². The Kier molecular flexibility index (Phi) is 3.10. The van der Waals surface area contributed by atoms with Crippen molar-refractivity contribution in [1.29, 1.82) is 0 Å². The topological polar surface area (TPSA) is 77.8 Å². The largest absolute Gasteiger partial charge is 0.507 e. The third kappa shape index (κ3) is 2.33. The molecule has 1 aliphatic heterocycles. The molecule has 0 bridgehead atoms. The lowest BCUT2D eigenvalue weighted by Crippen LogP contribution is -2.25. The first-order valence-corrected chi connectivity index (χ1v) is 6.48. The lowest BCUT2D eigenvalue weighted by atomic mass is 10.1. The van der Waals surface area contributed by atoms with Gasteiger partial charge in [0.25, 0.3) is 5.91 Å². The molecule has 0 fully saturated rings. The monoisotopic (exact) mass is 283 g/mol. The van der Waals surface area contributed by atoms with Crippen molar-refractivity contribution < 1.29 is 19.8 Å². The normalized spacial score (nSPS) is 13.0. The number of fused-ring (bicyclic) bond motifs is 1. The summed E-state index contributed by atoms with van der Waals surface area (Å²) in [6.45, 7) is 1.02. The molecular formula is C16H13NO4. The second-order valence-corrected chi connectivity index (χ2v) is 4.97. The molecule has 1 heterocycles. The van der Waals surface area contributed by atoms with Crippen LogP contribution in [-0.4, -0.2) is 27.0 Å². The number of amides is 1. The molecule has 106 valence electrons. The van der Waals surface area contributed by atoms with Gasteiger partial charge in [-0.2, -0.15) is 0 Å². The summed E-state index contributed by atoms with van der Waals surface area (Å²) in [5, 5.41) is 18.5. The minimum absolute atomic E-state index is 0.242. The lowest BCUT2D eigenvalue weighted by Gasteiger charge is -2.16. The van der Waals surface area contributed by atoms with Gasteiger partial charge in [-0.05, 0) is 29.3 Å². The molecule has 0 saturated heterocycles. The second-order valence-electron chi connectivity index (χ2n) is 4.97. The molecule has 0 atom stereocenters. The molecule has 0 radical (unpaired) electrons. The number of benzene rings is 2. The first-order chi connectivity index (χ1) is 10.1. The van der Waals surface area contributed by atoms with Crippen LogP contribution in [0.2, 0.25) is 0 Å². The number of hydrogen-bond acceptors (Lipinski definition) is 3. The van der Waals surface area contributed by atoms with Gasteiger partial charge in [-0.1, -0.05) is 24.3 Å². The molecule has 3 rings (SSSR count). The molecule has 5 nitrogen and oxygen atoms in total. The van der Waals surface area contributed by atoms with Crippen molar-refractivity contribution in [2.75, 3.05) is 0 Å². The van der Waals surface area contributed by atoms with E-state index in [0.29, 0.717) is 13.1 Å². The van der Waals surface area contributed by atoms with Gasteiger partial charge in [0.1, 0.15) is 11.3 Å². The number of aromatic carboxylic acids is 1. The van der Waals surface area contributed by atoms with E-state index in [1.165, 1.54) is 18.2 Å². The highest BCUT2D eigenvalue weighted by molar-refractivity contribution is 5.99. The molecule has 0 unspecified atom stereocenters. The van der Waals surface area contributed by atoms with Gasteiger partial charge in [0, 0.05) is 18.7 Å². The fourth-order valence-electron chi connectivity index (χ4n) is 2.50. The minimum atomic E-state index is -1.26. The van der Waals surface area contributed by atoms with E-state index in [-0.39, 0.29) is 22.8 Å². The van der Waals surface area contributed by atoms with Crippen LogP contribution in [0, 0.1) is 0 Å². The number of rotatable bonds is 2. The SMILES string of the molecule is O=C(O)c1cc(C(=O)N2Cc3ccccc3C2)ccc1O. The highest BCUT2D eigenvalue weighted by Gasteiger charge is 2.24. The molecule has 0 spiro atoms. The van der Waals surface area contributed by atoms with Crippen molar-refractivity contribution in [2.45, 2.75) is 13.1 Å². The van der Waals surface area contributed by atoms with Gasteiger partial charge in [0.15, 0.2) is 0 Å². The summed E-state index contributed by atoms with van der Waals surface area (Å²) in [7, 11) is 0. The molecule has 2 aromatic rings. The molecule has 21 heavy (non-hydrogen) atoms. The summed E-state index contributed by atoms with van der Waals surface area (Å²) in [5.74, 6) is -1.84. The van der Waals surface area contributed by atoms with Crippen LogP contribution in [0.15, 0.2) is 42.5 Å². The molecule has 5 heteroatoms. The van der Waals surface area contributed by atoms with E-state index < -0.39 is 5.97 Å². The maximum Gasteiger partial charge on any atom is 0.339 e. The average Bonchev–Trinajstić information content (AvgIpc) is 2.90. The molecule has 1 aliphatic rings. The van der Waals surface area contributed by atoms with Crippen molar-refractivity contribution in [3.8, 4) is 5.75 Å². The van der Waals surface area contributed by atoms with Gasteiger partial charge in [-0.15, -0.1) is 0 Å². The summed E-state index contributed by atoms with van der Waals surface area (Å²) in [6.07, 6.45) is 0. The van der Waals surface area contributed by atoms with Gasteiger partial charge < -0.3 is 15.1 Å². The van der Waals surface area contributed by atoms with Gasteiger partial charge in [-0.3, -0.25) is 4.79 Å². The Bertz CT molecular complexity index is 714. The smallest absolute Gasteiger partial charge is 0.339 e. The Morgan fingerprint density at radius 1 is 1.00 bits per heavy atom. The number of nitrogens with zero attached hydrogens (tertiary/aromatic N) is 1. The van der Waals surface area contributed by atoms with E-state index >= 15 is 0 Å². The van der Waals surface area contributed by atoms with Crippen LogP contribution in [0.5, 0.6) is 5.75 Å². The number of carboxylic acids is 1. The van der Waals surface area contributed by atoms with Crippen molar-refractivity contribution in [1.82, 2.24) is 4.90 Å². The van der Waals surface area contributed by atoms with Crippen molar-refractivity contribution in [3.05, 3.63) is 64.7 Å². The summed E-state index contributed by atoms with van der Waals surface area (Å²) in [5.41, 5.74) is 2.20. The van der Waals surface area contributed by atoms with Crippen LogP contribution in [0.3, 0.4) is 0 Å². The maximum atomic E-state index is 12.5. The van der Waals surface area contributed by atoms with E-state index in [9.17, 15) is 14.7 Å². The fraction of sp³-hybridized carbons (Fsp3) is 0.125. The van der Waals surface area contributed by atoms with Gasteiger partial charge in [-0.25, -0.2) is 4.79 Å². The van der Waals surface area contributed by atoms with Crippen molar-refractivity contribution >= 4 is 11.9 Å². The Morgan fingerprint density at radius 2 is 1.62 bits per heavy atom. The number of hydrogen-bond donors (Lipinski definition) is 2.